The zero-order chi connectivity index (χ0) is 5.82. The average Bonchev–Trinajstić information content (AvgIpc) is 1.90. The van der Waals surface area contributed by atoms with Crippen molar-refractivity contribution in [2.45, 2.75) is 25.6 Å². The monoisotopic (exact) mass is 106 g/mol. The molecule has 0 N–H and O–H groups in total. The van der Waals surface area contributed by atoms with Gasteiger partial charge in [0.1, 0.15) is 0 Å². The Morgan fingerprint density at radius 1 is 1.50 bits per heavy atom. The van der Waals surface area contributed by atoms with E-state index in [0.29, 0.717) is 0 Å². The lowest BCUT2D eigenvalue weighted by Crippen LogP contribution is -2.00. The van der Waals surface area contributed by atoms with E-state index in [1.165, 1.54) is 19.3 Å². The lowest BCUT2D eigenvalue weighted by molar-refractivity contribution is 0.527. The fourth-order valence-corrected chi connectivity index (χ4v) is 1.07. The van der Waals surface area contributed by atoms with Gasteiger partial charge in [-0.05, 0) is 25.2 Å². The van der Waals surface area contributed by atoms with Crippen LogP contribution in [0, 0.1) is 5.92 Å². The minimum Gasteiger partial charge on any atom is -0.0885 e. The highest BCUT2D eigenvalue weighted by Crippen LogP contribution is 2.19. The van der Waals surface area contributed by atoms with E-state index in [9.17, 15) is 0 Å². The van der Waals surface area contributed by atoms with Gasteiger partial charge in [0.25, 0.3) is 0 Å². The Hall–Kier alpha value is -0.195. The predicted octanol–water partition coefficient (Wildman–Crippen LogP) is 1.93. The van der Waals surface area contributed by atoms with Crippen LogP contribution in [0.15, 0.2) is 12.2 Å². The van der Waals surface area contributed by atoms with Gasteiger partial charge in [-0.25, -0.2) is 0 Å². The van der Waals surface area contributed by atoms with E-state index in [1.807, 2.05) is 0 Å². The summed E-state index contributed by atoms with van der Waals surface area (Å²) in [5, 5.41) is 0. The Morgan fingerprint density at radius 3 is 2.75 bits per heavy atom. The van der Waals surface area contributed by atoms with Crippen molar-refractivity contribution in [3.8, 4) is 0 Å². The quantitative estimate of drug-likeness (QED) is 0.354. The van der Waals surface area contributed by atoms with Crippen molar-refractivity contribution in [3.63, 3.8) is 0 Å². The SMILES string of the molecule is [B]C[C@@H]1CC=CCC1. The lowest BCUT2D eigenvalue weighted by Gasteiger charge is -2.14. The number of allylic oxidation sites excluding steroid dienone is 2. The second-order valence-electron chi connectivity index (χ2n) is 2.39. The van der Waals surface area contributed by atoms with Gasteiger partial charge in [0.2, 0.25) is 0 Å². The van der Waals surface area contributed by atoms with Crippen LogP contribution in [-0.4, -0.2) is 7.85 Å². The molecular formula is C7H11B. The Labute approximate surface area is 52.4 Å². The Balaban J connectivity index is 2.27. The molecule has 0 aliphatic heterocycles. The van der Waals surface area contributed by atoms with Gasteiger partial charge in [-0.3, -0.25) is 0 Å². The van der Waals surface area contributed by atoms with Crippen molar-refractivity contribution in [1.82, 2.24) is 0 Å². The number of hydrogen-bond acceptors (Lipinski definition) is 0. The van der Waals surface area contributed by atoms with Crippen LogP contribution < -0.4 is 0 Å². The molecule has 0 aromatic heterocycles. The Morgan fingerprint density at radius 2 is 2.38 bits per heavy atom. The Kier molecular flexibility index (Phi) is 2.19. The first-order valence-corrected chi connectivity index (χ1v) is 3.28. The highest BCUT2D eigenvalue weighted by Gasteiger charge is 2.04. The van der Waals surface area contributed by atoms with Crippen molar-refractivity contribution in [3.05, 3.63) is 12.2 Å². The third-order valence-corrected chi connectivity index (χ3v) is 1.71. The highest BCUT2D eigenvalue weighted by atomic mass is 14.1. The summed E-state index contributed by atoms with van der Waals surface area (Å²) < 4.78 is 0. The molecule has 1 heteroatoms. The van der Waals surface area contributed by atoms with Gasteiger partial charge in [-0.1, -0.05) is 18.5 Å². The first kappa shape index (κ1) is 5.93. The summed E-state index contributed by atoms with van der Waals surface area (Å²) in [6, 6.07) is 0. The summed E-state index contributed by atoms with van der Waals surface area (Å²) in [5.74, 6) is 0.778. The standard InChI is InChI=1S/C7H11B/c8-6-7-4-2-1-3-5-7/h1-2,7H,3-6H2/t7-/m1/s1. The number of hydrogen-bond donors (Lipinski definition) is 0. The summed E-state index contributed by atoms with van der Waals surface area (Å²) in [4.78, 5) is 0. The van der Waals surface area contributed by atoms with E-state index in [-0.39, 0.29) is 0 Å². The van der Waals surface area contributed by atoms with Crippen LogP contribution in [0.3, 0.4) is 0 Å². The van der Waals surface area contributed by atoms with E-state index in [0.717, 1.165) is 12.2 Å². The van der Waals surface area contributed by atoms with Gasteiger partial charge in [0, 0.05) is 0 Å². The molecule has 0 nitrogen and oxygen atoms in total. The molecule has 42 valence electrons. The summed E-state index contributed by atoms with van der Waals surface area (Å²) in [6.45, 7) is 0. The third-order valence-electron chi connectivity index (χ3n) is 1.71. The zero-order valence-electron chi connectivity index (χ0n) is 5.14. The van der Waals surface area contributed by atoms with Gasteiger partial charge in [-0.15, -0.1) is 0 Å². The van der Waals surface area contributed by atoms with E-state index in [2.05, 4.69) is 12.2 Å². The van der Waals surface area contributed by atoms with E-state index in [4.69, 9.17) is 7.85 Å². The molecule has 0 aromatic rings. The summed E-state index contributed by atoms with van der Waals surface area (Å²) >= 11 is 0. The minimum absolute atomic E-state index is 0.778. The molecule has 0 amide bonds. The summed E-state index contributed by atoms with van der Waals surface area (Å²) in [5.41, 5.74) is 0. The molecule has 0 unspecified atom stereocenters. The van der Waals surface area contributed by atoms with Crippen LogP contribution in [0.25, 0.3) is 0 Å². The molecule has 0 heterocycles. The fraction of sp³-hybridized carbons (Fsp3) is 0.714. The van der Waals surface area contributed by atoms with Crippen molar-refractivity contribution in [2.75, 3.05) is 0 Å². The van der Waals surface area contributed by atoms with Gasteiger partial charge < -0.3 is 0 Å². The molecule has 0 saturated carbocycles. The average molecular weight is 106 g/mol. The van der Waals surface area contributed by atoms with Crippen molar-refractivity contribution in [1.29, 1.82) is 0 Å². The van der Waals surface area contributed by atoms with E-state index >= 15 is 0 Å². The van der Waals surface area contributed by atoms with Gasteiger partial charge in [0.05, 0.1) is 7.85 Å². The van der Waals surface area contributed by atoms with Crippen molar-refractivity contribution >= 4 is 7.85 Å². The first-order valence-electron chi connectivity index (χ1n) is 3.28. The van der Waals surface area contributed by atoms with Crippen molar-refractivity contribution < 1.29 is 0 Å². The van der Waals surface area contributed by atoms with Crippen LogP contribution >= 0.6 is 0 Å². The lowest BCUT2D eigenvalue weighted by atomic mass is 9.83. The normalized spacial score (nSPS) is 28.2. The molecule has 8 heavy (non-hydrogen) atoms. The topological polar surface area (TPSA) is 0 Å². The molecule has 1 rings (SSSR count). The Bertz CT molecular complexity index is 86.4. The van der Waals surface area contributed by atoms with Crippen LogP contribution in [0.4, 0.5) is 0 Å². The van der Waals surface area contributed by atoms with Crippen molar-refractivity contribution in [2.24, 2.45) is 5.92 Å². The largest absolute Gasteiger partial charge is 0.0885 e. The molecule has 0 fully saturated rings. The minimum atomic E-state index is 0.778. The first-order chi connectivity index (χ1) is 3.93. The maximum absolute atomic E-state index is 5.47. The van der Waals surface area contributed by atoms with Gasteiger partial charge in [-0.2, -0.15) is 0 Å². The predicted molar refractivity (Wildman–Crippen MR) is 37.0 cm³/mol. The van der Waals surface area contributed by atoms with E-state index < -0.39 is 0 Å². The number of rotatable bonds is 1. The fourth-order valence-electron chi connectivity index (χ4n) is 1.07. The molecule has 0 bridgehead atoms. The van der Waals surface area contributed by atoms with Gasteiger partial charge in [0.15, 0.2) is 0 Å². The molecular weight excluding hydrogens is 94.9 g/mol. The maximum atomic E-state index is 5.47. The second-order valence-corrected chi connectivity index (χ2v) is 2.39. The highest BCUT2D eigenvalue weighted by molar-refractivity contribution is 6.08. The zero-order valence-corrected chi connectivity index (χ0v) is 5.14. The molecule has 1 aliphatic carbocycles. The summed E-state index contributed by atoms with van der Waals surface area (Å²) in [6.07, 6.45) is 9.09. The summed E-state index contributed by atoms with van der Waals surface area (Å²) in [7, 11) is 5.47. The van der Waals surface area contributed by atoms with Crippen LogP contribution in [0.5, 0.6) is 0 Å². The van der Waals surface area contributed by atoms with Crippen LogP contribution in [0.2, 0.25) is 6.32 Å². The maximum Gasteiger partial charge on any atom is 0.0656 e. The molecule has 2 radical (unpaired) electrons. The van der Waals surface area contributed by atoms with Crippen LogP contribution in [-0.2, 0) is 0 Å². The third kappa shape index (κ3) is 1.39. The van der Waals surface area contributed by atoms with Gasteiger partial charge >= 0.3 is 0 Å². The van der Waals surface area contributed by atoms with Crippen LogP contribution in [0.1, 0.15) is 19.3 Å². The molecule has 1 atom stereocenters. The molecule has 0 aromatic carbocycles. The van der Waals surface area contributed by atoms with E-state index in [1.54, 1.807) is 0 Å². The molecule has 1 aliphatic rings. The molecule has 0 spiro atoms. The smallest absolute Gasteiger partial charge is 0.0656 e. The molecule has 0 saturated heterocycles. The second kappa shape index (κ2) is 2.96.